The maximum Gasteiger partial charge on any atom is 0.0808 e. The maximum absolute atomic E-state index is 8.07. The molecule has 0 fully saturated rings. The first-order valence-electron chi connectivity index (χ1n) is 2.47. The Labute approximate surface area is 54.1 Å². The molecule has 0 aromatic carbocycles. The fraction of sp³-hybridized carbons (Fsp3) is 0.800. The third kappa shape index (κ3) is 5.80. The van der Waals surface area contributed by atoms with Gasteiger partial charge in [-0.15, -0.1) is 11.8 Å². The van der Waals surface area contributed by atoms with E-state index in [9.17, 15) is 0 Å². The molecule has 0 saturated heterocycles. The average molecular weight is 130 g/mol. The summed E-state index contributed by atoms with van der Waals surface area (Å²) < 4.78 is 0. The molecule has 0 rings (SSSR count). The van der Waals surface area contributed by atoms with Crippen LogP contribution in [-0.4, -0.2) is 17.5 Å². The van der Waals surface area contributed by atoms with Crippen molar-refractivity contribution >= 4 is 11.8 Å². The Hall–Kier alpha value is -0.200. The van der Waals surface area contributed by atoms with E-state index in [1.54, 1.807) is 11.8 Å². The lowest BCUT2D eigenvalue weighted by Gasteiger charge is -1.98. The molecule has 0 heterocycles. The zero-order chi connectivity index (χ0) is 6.41. The van der Waals surface area contributed by atoms with Crippen molar-refractivity contribution in [1.82, 2.24) is 0 Å². The van der Waals surface area contributed by atoms with Crippen molar-refractivity contribution in [2.24, 2.45) is 5.73 Å². The highest BCUT2D eigenvalue weighted by atomic mass is 32.2. The van der Waals surface area contributed by atoms with E-state index in [1.807, 2.05) is 13.0 Å². The van der Waals surface area contributed by atoms with E-state index >= 15 is 0 Å². The van der Waals surface area contributed by atoms with E-state index in [0.717, 1.165) is 5.75 Å². The van der Waals surface area contributed by atoms with Gasteiger partial charge in [-0.05, 0) is 6.92 Å². The number of hydrogen-bond acceptors (Lipinski definition) is 3. The number of thioether (sulfide) groups is 1. The van der Waals surface area contributed by atoms with Crippen LogP contribution in [0.3, 0.4) is 0 Å². The molecule has 1 atom stereocenters. The topological polar surface area (TPSA) is 49.8 Å². The molecule has 0 radical (unpaired) electrons. The highest BCUT2D eigenvalue weighted by Crippen LogP contribution is 1.98. The number of rotatable bonds is 3. The van der Waals surface area contributed by atoms with Crippen molar-refractivity contribution in [1.29, 1.82) is 5.26 Å². The lowest BCUT2D eigenvalue weighted by atomic mass is 10.4. The first kappa shape index (κ1) is 7.80. The lowest BCUT2D eigenvalue weighted by molar-refractivity contribution is 0.848. The summed E-state index contributed by atoms with van der Waals surface area (Å²) in [6, 6.07) is 2.25. The first-order valence-corrected chi connectivity index (χ1v) is 3.63. The van der Waals surface area contributed by atoms with Crippen LogP contribution in [0, 0.1) is 11.3 Å². The Kier molecular flexibility index (Phi) is 4.82. The van der Waals surface area contributed by atoms with Crippen molar-refractivity contribution in [2.75, 3.05) is 11.5 Å². The van der Waals surface area contributed by atoms with Crippen LogP contribution in [0.4, 0.5) is 0 Å². The molecule has 0 aromatic rings. The Morgan fingerprint density at radius 2 is 2.50 bits per heavy atom. The van der Waals surface area contributed by atoms with Gasteiger partial charge < -0.3 is 5.73 Å². The summed E-state index contributed by atoms with van der Waals surface area (Å²) in [6.45, 7) is 1.93. The zero-order valence-corrected chi connectivity index (χ0v) is 5.74. The summed E-state index contributed by atoms with van der Waals surface area (Å²) in [5.74, 6) is 1.44. The Morgan fingerprint density at radius 1 is 1.88 bits per heavy atom. The van der Waals surface area contributed by atoms with Gasteiger partial charge in [0, 0.05) is 11.8 Å². The van der Waals surface area contributed by atoms with Crippen LogP contribution in [0.15, 0.2) is 0 Å². The van der Waals surface area contributed by atoms with Gasteiger partial charge in [-0.2, -0.15) is 5.26 Å². The summed E-state index contributed by atoms with van der Waals surface area (Å²) in [5.41, 5.74) is 5.40. The molecule has 46 valence electrons. The van der Waals surface area contributed by atoms with Gasteiger partial charge in [-0.1, -0.05) is 0 Å². The number of nitrogens with two attached hydrogens (primary N) is 1. The maximum atomic E-state index is 8.07. The van der Waals surface area contributed by atoms with Crippen LogP contribution in [0.2, 0.25) is 0 Å². The second-order valence-corrected chi connectivity index (χ2v) is 2.68. The minimum absolute atomic E-state index is 0.216. The quantitative estimate of drug-likeness (QED) is 0.569. The van der Waals surface area contributed by atoms with Crippen LogP contribution < -0.4 is 5.73 Å². The lowest BCUT2D eigenvalue weighted by Crippen LogP contribution is -2.17. The van der Waals surface area contributed by atoms with Gasteiger partial charge in [0.05, 0.1) is 11.8 Å². The van der Waals surface area contributed by atoms with Gasteiger partial charge in [-0.25, -0.2) is 0 Å². The molecule has 0 aliphatic carbocycles. The fourth-order valence-corrected chi connectivity index (χ4v) is 0.871. The highest BCUT2D eigenvalue weighted by molar-refractivity contribution is 7.99. The molecule has 0 aliphatic heterocycles. The second-order valence-electron chi connectivity index (χ2n) is 1.65. The Morgan fingerprint density at radius 3 is 2.88 bits per heavy atom. The predicted octanol–water partition coefficient (Wildman–Crippen LogP) is 0.590. The summed E-state index contributed by atoms with van der Waals surface area (Å²) >= 11 is 1.58. The van der Waals surface area contributed by atoms with Crippen molar-refractivity contribution in [3.8, 4) is 6.07 Å². The summed E-state index contributed by atoms with van der Waals surface area (Å²) in [4.78, 5) is 0. The Bertz CT molecular complexity index is 84.9. The van der Waals surface area contributed by atoms with Gasteiger partial charge in [0.1, 0.15) is 0 Å². The summed E-state index contributed by atoms with van der Waals surface area (Å²) in [7, 11) is 0. The number of nitrogens with zero attached hydrogens (tertiary/aromatic N) is 1. The van der Waals surface area contributed by atoms with E-state index in [1.165, 1.54) is 0 Å². The SMILES string of the molecule is C[C@@H](N)CSCC#N. The zero-order valence-electron chi connectivity index (χ0n) is 4.92. The molecule has 0 spiro atoms. The van der Waals surface area contributed by atoms with Gasteiger partial charge in [-0.3, -0.25) is 0 Å². The molecule has 0 saturated carbocycles. The van der Waals surface area contributed by atoms with Crippen molar-refractivity contribution in [3.05, 3.63) is 0 Å². The van der Waals surface area contributed by atoms with E-state index < -0.39 is 0 Å². The van der Waals surface area contributed by atoms with Crippen molar-refractivity contribution in [3.63, 3.8) is 0 Å². The van der Waals surface area contributed by atoms with Crippen LogP contribution in [0.1, 0.15) is 6.92 Å². The Balaban J connectivity index is 2.85. The van der Waals surface area contributed by atoms with Crippen molar-refractivity contribution in [2.45, 2.75) is 13.0 Å². The minimum Gasteiger partial charge on any atom is -0.327 e. The third-order valence-corrected chi connectivity index (χ3v) is 1.64. The van der Waals surface area contributed by atoms with Gasteiger partial charge in [0.15, 0.2) is 0 Å². The number of nitriles is 1. The van der Waals surface area contributed by atoms with Crippen LogP contribution in [-0.2, 0) is 0 Å². The summed E-state index contributed by atoms with van der Waals surface area (Å²) in [6.07, 6.45) is 0. The molecular formula is C5H10N2S. The molecule has 2 N–H and O–H groups in total. The van der Waals surface area contributed by atoms with E-state index in [2.05, 4.69) is 0 Å². The van der Waals surface area contributed by atoms with Crippen LogP contribution >= 0.6 is 11.8 Å². The molecule has 0 aliphatic rings. The molecule has 2 nitrogen and oxygen atoms in total. The first-order chi connectivity index (χ1) is 3.77. The second kappa shape index (κ2) is 4.95. The molecule has 0 aromatic heterocycles. The minimum atomic E-state index is 0.216. The highest BCUT2D eigenvalue weighted by Gasteiger charge is 1.90. The van der Waals surface area contributed by atoms with Gasteiger partial charge in [0.25, 0.3) is 0 Å². The molecular weight excluding hydrogens is 120 g/mol. The molecule has 0 unspecified atom stereocenters. The van der Waals surface area contributed by atoms with E-state index in [-0.39, 0.29) is 6.04 Å². The van der Waals surface area contributed by atoms with Crippen LogP contribution in [0.5, 0.6) is 0 Å². The standard InChI is InChI=1S/C5H10N2S/c1-5(7)4-8-3-2-6/h5H,3-4,7H2,1H3/t5-/m1/s1. The molecule has 0 bridgehead atoms. The fourth-order valence-electron chi connectivity index (χ4n) is 0.290. The van der Waals surface area contributed by atoms with Gasteiger partial charge in [0.2, 0.25) is 0 Å². The third-order valence-electron chi connectivity index (χ3n) is 0.547. The average Bonchev–Trinajstić information content (AvgIpc) is 1.66. The molecule has 0 amide bonds. The van der Waals surface area contributed by atoms with Gasteiger partial charge >= 0.3 is 0 Å². The molecule has 3 heteroatoms. The normalized spacial score (nSPS) is 12.6. The predicted molar refractivity (Wildman–Crippen MR) is 36.6 cm³/mol. The van der Waals surface area contributed by atoms with E-state index in [4.69, 9.17) is 11.0 Å². The smallest absolute Gasteiger partial charge is 0.0808 e. The largest absolute Gasteiger partial charge is 0.327 e. The van der Waals surface area contributed by atoms with Crippen LogP contribution in [0.25, 0.3) is 0 Å². The summed E-state index contributed by atoms with van der Waals surface area (Å²) in [5, 5.41) is 8.07. The number of hydrogen-bond donors (Lipinski definition) is 1. The monoisotopic (exact) mass is 130 g/mol. The van der Waals surface area contributed by atoms with Crippen molar-refractivity contribution < 1.29 is 0 Å². The molecule has 8 heavy (non-hydrogen) atoms. The van der Waals surface area contributed by atoms with E-state index in [0.29, 0.717) is 5.75 Å².